The van der Waals surface area contributed by atoms with E-state index in [4.69, 9.17) is 0 Å². The van der Waals surface area contributed by atoms with Crippen molar-refractivity contribution in [2.24, 2.45) is 4.99 Å². The number of aromatic nitrogens is 2. The lowest BCUT2D eigenvalue weighted by Gasteiger charge is -2.26. The van der Waals surface area contributed by atoms with E-state index >= 15 is 0 Å². The Labute approximate surface area is 210 Å². The highest BCUT2D eigenvalue weighted by Gasteiger charge is 2.16. The van der Waals surface area contributed by atoms with Crippen LogP contribution in [0.25, 0.3) is 5.57 Å². The summed E-state index contributed by atoms with van der Waals surface area (Å²) in [6, 6.07) is 28.8. The third-order valence-corrected chi connectivity index (χ3v) is 6.37. The van der Waals surface area contributed by atoms with Crippen molar-refractivity contribution in [2.75, 3.05) is 9.99 Å². The predicted octanol–water partition coefficient (Wildman–Crippen LogP) is 7.10. The zero-order valence-corrected chi connectivity index (χ0v) is 21.6. The van der Waals surface area contributed by atoms with Gasteiger partial charge >= 0.3 is 0 Å². The van der Waals surface area contributed by atoms with E-state index in [2.05, 4.69) is 77.2 Å². The lowest BCUT2D eigenvalue weighted by Crippen LogP contribution is -2.16. The topological polar surface area (TPSA) is 53.4 Å². The Kier molecular flexibility index (Phi) is 8.51. The standard InChI is InChI=1S/C28H27N5P2/c1-3-22(18-29-21(2)34)23-19-30-28(31-20-23)35-33(25-14-8-5-9-15-25)27-17-11-10-16-26(27)32-24-12-6-4-7-13-24/h3-20,32,35H,1,34H2,2H3/b22-18+,29-21?. The third-order valence-electron chi connectivity index (χ3n) is 5.04. The number of aliphatic imine (C=N–C) groups is 1. The monoisotopic (exact) mass is 495 g/mol. The van der Waals surface area contributed by atoms with Gasteiger partial charge in [-0.3, -0.25) is 4.99 Å². The molecule has 2 atom stereocenters. The normalized spacial score (nSPS) is 12.1. The Morgan fingerprint density at radius 3 is 2.23 bits per heavy atom. The summed E-state index contributed by atoms with van der Waals surface area (Å²) in [7, 11) is 2.76. The van der Waals surface area contributed by atoms with E-state index in [0.717, 1.165) is 44.9 Å². The summed E-state index contributed by atoms with van der Waals surface area (Å²) in [4.78, 5) is 13.7. The van der Waals surface area contributed by atoms with Gasteiger partial charge < -0.3 is 9.99 Å². The van der Waals surface area contributed by atoms with Gasteiger partial charge in [-0.2, -0.15) is 0 Å². The molecule has 0 aliphatic carbocycles. The number of benzene rings is 3. The van der Waals surface area contributed by atoms with Crippen LogP contribution in [0.2, 0.25) is 0 Å². The molecular weight excluding hydrogens is 468 g/mol. The van der Waals surface area contributed by atoms with Crippen molar-refractivity contribution in [3.05, 3.63) is 122 Å². The van der Waals surface area contributed by atoms with Gasteiger partial charge in [-0.15, -0.1) is 0 Å². The molecule has 0 saturated heterocycles. The van der Waals surface area contributed by atoms with Crippen molar-refractivity contribution >= 4 is 57.3 Å². The summed E-state index contributed by atoms with van der Waals surface area (Å²) in [6.07, 6.45) is 7.19. The lowest BCUT2D eigenvalue weighted by atomic mass is 10.1. The zero-order chi connectivity index (χ0) is 24.5. The second-order valence-electron chi connectivity index (χ2n) is 7.65. The van der Waals surface area contributed by atoms with Gasteiger partial charge in [0.2, 0.25) is 0 Å². The van der Waals surface area contributed by atoms with Crippen molar-refractivity contribution < 1.29 is 0 Å². The molecule has 5 nitrogen and oxygen atoms in total. The molecule has 0 saturated carbocycles. The van der Waals surface area contributed by atoms with Gasteiger partial charge in [-0.25, -0.2) is 9.97 Å². The fourth-order valence-corrected chi connectivity index (χ4v) is 4.46. The van der Waals surface area contributed by atoms with Gasteiger partial charge in [0.25, 0.3) is 0 Å². The highest BCUT2D eigenvalue weighted by Crippen LogP contribution is 2.40. The average Bonchev–Trinajstić information content (AvgIpc) is 2.90. The lowest BCUT2D eigenvalue weighted by molar-refractivity contribution is 1.22. The van der Waals surface area contributed by atoms with Crippen LogP contribution in [-0.2, 0) is 0 Å². The fraction of sp³-hybridized carbons (Fsp3) is 0.0357. The number of allylic oxidation sites excluding steroid dienone is 2. The maximum atomic E-state index is 4.68. The largest absolute Gasteiger partial charge is 0.354 e. The maximum absolute atomic E-state index is 4.68. The Balaban J connectivity index is 1.67. The van der Waals surface area contributed by atoms with Crippen molar-refractivity contribution in [1.82, 2.24) is 9.97 Å². The van der Waals surface area contributed by atoms with E-state index in [9.17, 15) is 0 Å². The molecule has 0 amide bonds. The van der Waals surface area contributed by atoms with Gasteiger partial charge in [0.15, 0.2) is 5.57 Å². The minimum atomic E-state index is 0.190. The summed E-state index contributed by atoms with van der Waals surface area (Å²) in [5, 5.41) is 3.55. The van der Waals surface area contributed by atoms with Crippen LogP contribution >= 0.6 is 18.0 Å². The Morgan fingerprint density at radius 2 is 1.57 bits per heavy atom. The van der Waals surface area contributed by atoms with Crippen LogP contribution in [0.3, 0.4) is 0 Å². The van der Waals surface area contributed by atoms with E-state index < -0.39 is 0 Å². The molecule has 4 rings (SSSR count). The first kappa shape index (κ1) is 24.5. The van der Waals surface area contributed by atoms with Gasteiger partial charge in [0.1, 0.15) is 0 Å². The molecule has 0 aliphatic rings. The number of nitrogens with one attached hydrogen (secondary N) is 1. The zero-order valence-electron chi connectivity index (χ0n) is 19.5. The van der Waals surface area contributed by atoms with Crippen LogP contribution in [0.5, 0.6) is 0 Å². The SMILES string of the molecule is C=C/C(=C\N=C(C)P)c1cnc(PN(c2ccccc2)c2ccccc2Nc2ccccc2)nc1. The van der Waals surface area contributed by atoms with E-state index in [0.29, 0.717) is 0 Å². The van der Waals surface area contributed by atoms with Crippen molar-refractivity contribution in [3.63, 3.8) is 0 Å². The van der Waals surface area contributed by atoms with E-state index in [1.54, 1.807) is 12.3 Å². The molecule has 7 heteroatoms. The average molecular weight is 496 g/mol. The smallest absolute Gasteiger partial charge is 0.168 e. The Bertz CT molecular complexity index is 1320. The number of hydrogen-bond donors (Lipinski definition) is 1. The van der Waals surface area contributed by atoms with Gasteiger partial charge in [0.05, 0.1) is 20.1 Å². The predicted molar refractivity (Wildman–Crippen MR) is 156 cm³/mol. The van der Waals surface area contributed by atoms with Crippen LogP contribution in [-0.4, -0.2) is 15.4 Å². The van der Waals surface area contributed by atoms with Crippen LogP contribution in [0.15, 0.2) is 121 Å². The van der Waals surface area contributed by atoms with Gasteiger partial charge in [-0.05, 0) is 43.3 Å². The van der Waals surface area contributed by atoms with E-state index in [1.165, 1.54) is 0 Å². The molecular formula is C28H27N5P2. The number of hydrogen-bond acceptors (Lipinski definition) is 5. The summed E-state index contributed by atoms with van der Waals surface area (Å²) < 4.78 is 2.24. The molecule has 35 heavy (non-hydrogen) atoms. The molecule has 0 spiro atoms. The van der Waals surface area contributed by atoms with Crippen molar-refractivity contribution in [2.45, 2.75) is 6.92 Å². The first-order valence-electron chi connectivity index (χ1n) is 11.1. The first-order valence-corrected chi connectivity index (χ1v) is 12.6. The fourth-order valence-electron chi connectivity index (χ4n) is 3.34. The number of para-hydroxylation sites is 4. The van der Waals surface area contributed by atoms with Gasteiger partial charge in [0, 0.05) is 46.6 Å². The second-order valence-corrected chi connectivity index (χ2v) is 9.60. The van der Waals surface area contributed by atoms with Crippen LogP contribution in [0.1, 0.15) is 12.5 Å². The van der Waals surface area contributed by atoms with Crippen molar-refractivity contribution in [1.29, 1.82) is 0 Å². The van der Waals surface area contributed by atoms with Crippen LogP contribution in [0.4, 0.5) is 22.7 Å². The molecule has 174 valence electrons. The third kappa shape index (κ3) is 6.70. The molecule has 0 aliphatic heterocycles. The molecule has 1 N–H and O–H groups in total. The molecule has 1 aromatic heterocycles. The first-order chi connectivity index (χ1) is 17.1. The van der Waals surface area contributed by atoms with Crippen LogP contribution < -0.4 is 15.6 Å². The van der Waals surface area contributed by atoms with Gasteiger partial charge in [-0.1, -0.05) is 70.4 Å². The molecule has 0 radical (unpaired) electrons. The minimum absolute atomic E-state index is 0.190. The summed E-state index contributed by atoms with van der Waals surface area (Å²) >= 11 is 0. The maximum Gasteiger partial charge on any atom is 0.168 e. The van der Waals surface area contributed by atoms with E-state index in [1.807, 2.05) is 67.8 Å². The highest BCUT2D eigenvalue weighted by molar-refractivity contribution is 7.49. The molecule has 0 fully saturated rings. The van der Waals surface area contributed by atoms with E-state index in [-0.39, 0.29) is 8.73 Å². The quantitative estimate of drug-likeness (QED) is 0.153. The summed E-state index contributed by atoms with van der Waals surface area (Å²) in [5.41, 5.74) is 7.53. The number of anilines is 4. The molecule has 0 bridgehead atoms. The Morgan fingerprint density at radius 1 is 0.943 bits per heavy atom. The Hall–Kier alpha value is -3.65. The van der Waals surface area contributed by atoms with Crippen LogP contribution in [0, 0.1) is 0 Å². The van der Waals surface area contributed by atoms with Crippen molar-refractivity contribution in [3.8, 4) is 0 Å². The molecule has 3 aromatic carbocycles. The molecule has 1 heterocycles. The number of rotatable bonds is 9. The summed E-state index contributed by atoms with van der Waals surface area (Å²) in [6.45, 7) is 5.82. The second kappa shape index (κ2) is 12.2. The molecule has 2 unspecified atom stereocenters. The number of nitrogens with zero attached hydrogens (tertiary/aromatic N) is 4. The minimum Gasteiger partial charge on any atom is -0.354 e. The summed E-state index contributed by atoms with van der Waals surface area (Å²) in [5.74, 6) is 0. The molecule has 4 aromatic rings. The highest BCUT2D eigenvalue weighted by atomic mass is 31.1.